The van der Waals surface area contributed by atoms with Crippen molar-refractivity contribution in [3.8, 4) is 0 Å². The lowest BCUT2D eigenvalue weighted by molar-refractivity contribution is -0.384. The van der Waals surface area contributed by atoms with Crippen molar-refractivity contribution >= 4 is 81.3 Å². The number of thiazole rings is 2. The zero-order valence-electron chi connectivity index (χ0n) is 14.3. The Kier molecular flexibility index (Phi) is 3.86. The Morgan fingerprint density at radius 3 is 2.71 bits per heavy atom. The van der Waals surface area contributed by atoms with Crippen molar-refractivity contribution in [1.82, 2.24) is 9.97 Å². The number of hydrogen-bond acceptors (Lipinski definition) is 8. The number of nitrogens with one attached hydrogen (secondary N) is 1. The first-order valence-corrected chi connectivity index (χ1v) is 10.6. The van der Waals surface area contributed by atoms with E-state index in [1.807, 2.05) is 19.1 Å². The number of benzene rings is 2. The van der Waals surface area contributed by atoms with Crippen LogP contribution in [0.2, 0.25) is 0 Å². The summed E-state index contributed by atoms with van der Waals surface area (Å²) in [4.78, 5) is 32.7. The van der Waals surface area contributed by atoms with Gasteiger partial charge in [-0.2, -0.15) is 0 Å². The standard InChI is InChI=1S/C18H10N4O3S3/c1-8-19-15-13(26-8)5-3-11-16(15)28-18(20-11)21-17(23)14-7-9-6-10(22(24)25)2-4-12(9)27-14/h2-7H,1H3,(H,20,21,23). The van der Waals surface area contributed by atoms with Gasteiger partial charge >= 0.3 is 0 Å². The molecule has 0 aliphatic heterocycles. The molecule has 5 rings (SSSR count). The Labute approximate surface area is 169 Å². The maximum atomic E-state index is 12.7. The SMILES string of the molecule is Cc1nc2c(ccc3nc(NC(=O)c4cc5cc([N+](=O)[O-])ccc5s4)sc32)s1. The minimum Gasteiger partial charge on any atom is -0.297 e. The summed E-state index contributed by atoms with van der Waals surface area (Å²) in [6, 6.07) is 10.2. The third kappa shape index (κ3) is 2.82. The number of anilines is 1. The van der Waals surface area contributed by atoms with Crippen LogP contribution in [-0.4, -0.2) is 20.8 Å². The number of amides is 1. The van der Waals surface area contributed by atoms with Gasteiger partial charge < -0.3 is 0 Å². The number of rotatable bonds is 3. The van der Waals surface area contributed by atoms with E-state index in [0.29, 0.717) is 15.4 Å². The molecule has 1 N–H and O–H groups in total. The van der Waals surface area contributed by atoms with Crippen LogP contribution in [0.3, 0.4) is 0 Å². The Morgan fingerprint density at radius 1 is 1.07 bits per heavy atom. The highest BCUT2D eigenvalue weighted by atomic mass is 32.1. The number of hydrogen-bond donors (Lipinski definition) is 1. The van der Waals surface area contributed by atoms with Gasteiger partial charge in [-0.3, -0.25) is 20.2 Å². The molecule has 28 heavy (non-hydrogen) atoms. The number of carbonyl (C=O) groups excluding carboxylic acids is 1. The highest BCUT2D eigenvalue weighted by Crippen LogP contribution is 2.35. The van der Waals surface area contributed by atoms with Crippen LogP contribution < -0.4 is 5.32 Å². The molecule has 3 heterocycles. The van der Waals surface area contributed by atoms with Gasteiger partial charge in [0.05, 0.1) is 29.7 Å². The molecule has 0 saturated carbocycles. The summed E-state index contributed by atoms with van der Waals surface area (Å²) in [5, 5.41) is 15.9. The van der Waals surface area contributed by atoms with E-state index in [2.05, 4.69) is 15.3 Å². The van der Waals surface area contributed by atoms with E-state index >= 15 is 0 Å². The Morgan fingerprint density at radius 2 is 1.89 bits per heavy atom. The van der Waals surface area contributed by atoms with Crippen LogP contribution in [0, 0.1) is 17.0 Å². The molecular formula is C18H10N4O3S3. The van der Waals surface area contributed by atoms with Crippen molar-refractivity contribution in [2.24, 2.45) is 0 Å². The third-order valence-electron chi connectivity index (χ3n) is 4.18. The van der Waals surface area contributed by atoms with Crippen LogP contribution in [0.5, 0.6) is 0 Å². The van der Waals surface area contributed by atoms with Crippen molar-refractivity contribution in [3.05, 3.63) is 56.4 Å². The molecule has 2 aromatic carbocycles. The minimum absolute atomic E-state index is 0.00556. The van der Waals surface area contributed by atoms with Gasteiger partial charge in [0.25, 0.3) is 11.6 Å². The predicted molar refractivity (Wildman–Crippen MR) is 114 cm³/mol. The molecule has 7 nitrogen and oxygen atoms in total. The highest BCUT2D eigenvalue weighted by molar-refractivity contribution is 7.25. The molecule has 0 bridgehead atoms. The Hall–Kier alpha value is -2.95. The Bertz CT molecular complexity index is 1420. The maximum Gasteiger partial charge on any atom is 0.270 e. The second-order valence-electron chi connectivity index (χ2n) is 6.06. The number of thiophene rings is 1. The molecule has 138 valence electrons. The quantitative estimate of drug-likeness (QED) is 0.299. The van der Waals surface area contributed by atoms with Gasteiger partial charge in [0.1, 0.15) is 5.52 Å². The number of nitro groups is 1. The fourth-order valence-corrected chi connectivity index (χ4v) is 5.75. The number of aromatic nitrogens is 2. The molecule has 0 spiro atoms. The van der Waals surface area contributed by atoms with Crippen LogP contribution in [0.25, 0.3) is 30.5 Å². The second-order valence-corrected chi connectivity index (χ2v) is 9.37. The summed E-state index contributed by atoms with van der Waals surface area (Å²) in [5.41, 5.74) is 1.71. The molecule has 0 aliphatic carbocycles. The van der Waals surface area contributed by atoms with Crippen molar-refractivity contribution in [1.29, 1.82) is 0 Å². The number of aryl methyl sites for hydroxylation is 1. The van der Waals surface area contributed by atoms with Gasteiger partial charge in [0, 0.05) is 22.2 Å². The van der Waals surface area contributed by atoms with Gasteiger partial charge in [-0.05, 0) is 31.2 Å². The summed E-state index contributed by atoms with van der Waals surface area (Å²) in [6.45, 7) is 1.96. The molecule has 0 radical (unpaired) electrons. The van der Waals surface area contributed by atoms with Gasteiger partial charge in [-0.1, -0.05) is 11.3 Å². The predicted octanol–water partition coefficient (Wildman–Crippen LogP) is 5.59. The van der Waals surface area contributed by atoms with E-state index in [1.165, 1.54) is 34.8 Å². The maximum absolute atomic E-state index is 12.7. The molecule has 0 unspecified atom stereocenters. The van der Waals surface area contributed by atoms with Gasteiger partial charge in [-0.15, -0.1) is 22.7 Å². The monoisotopic (exact) mass is 426 g/mol. The van der Waals surface area contributed by atoms with E-state index < -0.39 is 4.92 Å². The smallest absolute Gasteiger partial charge is 0.270 e. The van der Waals surface area contributed by atoms with Gasteiger partial charge in [-0.25, -0.2) is 9.97 Å². The Balaban J connectivity index is 1.48. The fourth-order valence-electron chi connectivity index (χ4n) is 2.96. The lowest BCUT2D eigenvalue weighted by Gasteiger charge is -1.96. The summed E-state index contributed by atoms with van der Waals surface area (Å²) in [5.74, 6) is -0.284. The second kappa shape index (κ2) is 6.30. The first-order valence-electron chi connectivity index (χ1n) is 8.14. The normalized spacial score (nSPS) is 11.5. The number of nitro benzene ring substituents is 1. The van der Waals surface area contributed by atoms with Crippen LogP contribution >= 0.6 is 34.0 Å². The summed E-state index contributed by atoms with van der Waals surface area (Å²) in [6.07, 6.45) is 0. The molecule has 1 amide bonds. The molecule has 5 aromatic rings. The lowest BCUT2D eigenvalue weighted by Crippen LogP contribution is -2.09. The average Bonchev–Trinajstić information content (AvgIpc) is 3.35. The van der Waals surface area contributed by atoms with Crippen molar-refractivity contribution in [3.63, 3.8) is 0 Å². The van der Waals surface area contributed by atoms with E-state index in [4.69, 9.17) is 0 Å². The van der Waals surface area contributed by atoms with Gasteiger partial charge in [0.2, 0.25) is 0 Å². The fraction of sp³-hybridized carbons (Fsp3) is 0.0556. The average molecular weight is 427 g/mol. The van der Waals surface area contributed by atoms with Crippen molar-refractivity contribution in [2.45, 2.75) is 6.92 Å². The number of nitrogens with zero attached hydrogens (tertiary/aromatic N) is 3. The van der Waals surface area contributed by atoms with Crippen molar-refractivity contribution < 1.29 is 9.72 Å². The van der Waals surface area contributed by atoms with E-state index in [-0.39, 0.29) is 11.6 Å². The van der Waals surface area contributed by atoms with Crippen LogP contribution in [0.1, 0.15) is 14.7 Å². The first-order chi connectivity index (χ1) is 13.5. The van der Waals surface area contributed by atoms with Crippen LogP contribution in [0.15, 0.2) is 36.4 Å². The number of non-ortho nitro benzene ring substituents is 1. The molecule has 0 saturated heterocycles. The molecular weight excluding hydrogens is 416 g/mol. The topological polar surface area (TPSA) is 98.0 Å². The lowest BCUT2D eigenvalue weighted by atomic mass is 10.2. The van der Waals surface area contributed by atoms with E-state index in [1.54, 1.807) is 23.5 Å². The van der Waals surface area contributed by atoms with Gasteiger partial charge in [0.15, 0.2) is 5.13 Å². The van der Waals surface area contributed by atoms with Crippen molar-refractivity contribution in [2.75, 3.05) is 5.32 Å². The first kappa shape index (κ1) is 17.2. The zero-order chi connectivity index (χ0) is 19.4. The number of fused-ring (bicyclic) bond motifs is 4. The minimum atomic E-state index is -0.446. The third-order valence-corrected chi connectivity index (χ3v) is 7.22. The summed E-state index contributed by atoms with van der Waals surface area (Å²) >= 11 is 4.31. The van der Waals surface area contributed by atoms with Crippen LogP contribution in [-0.2, 0) is 0 Å². The molecule has 0 aliphatic rings. The highest BCUT2D eigenvalue weighted by Gasteiger charge is 2.16. The largest absolute Gasteiger partial charge is 0.297 e. The van der Waals surface area contributed by atoms with Crippen LogP contribution in [0.4, 0.5) is 10.8 Å². The van der Waals surface area contributed by atoms with E-state index in [0.717, 1.165) is 30.1 Å². The zero-order valence-corrected chi connectivity index (χ0v) is 16.7. The molecule has 0 atom stereocenters. The summed E-state index contributed by atoms with van der Waals surface area (Å²) < 4.78 is 2.86. The summed E-state index contributed by atoms with van der Waals surface area (Å²) in [7, 11) is 0. The van der Waals surface area contributed by atoms with E-state index in [9.17, 15) is 14.9 Å². The number of carbonyl (C=O) groups is 1. The molecule has 10 heteroatoms. The molecule has 3 aromatic heterocycles. The molecule has 0 fully saturated rings.